The fraction of sp³-hybridized carbons (Fsp3) is 0.182. The summed E-state index contributed by atoms with van der Waals surface area (Å²) in [6.45, 7) is 2.06. The first-order valence-corrected chi connectivity index (χ1v) is 3.90. The maximum absolute atomic E-state index is 3.35. The second-order valence-electron chi connectivity index (χ2n) is 2.77. The average Bonchev–Trinajstić information content (AvgIpc) is 2.46. The number of hydrogen-bond acceptors (Lipinski definition) is 0. The third-order valence-electron chi connectivity index (χ3n) is 2.04. The van der Waals surface area contributed by atoms with Crippen LogP contribution in [0.2, 0.25) is 0 Å². The topological polar surface area (TPSA) is 0 Å². The SMILES string of the molecule is C[CH-]C1=[C-]c2ccccc2C1.[Y].[Y]. The van der Waals surface area contributed by atoms with Gasteiger partial charge in [0.15, 0.2) is 0 Å². The molecule has 0 saturated carbocycles. The molecule has 0 fully saturated rings. The second kappa shape index (κ2) is 6.51. The van der Waals surface area contributed by atoms with Crippen LogP contribution in [-0.2, 0) is 71.8 Å². The summed E-state index contributed by atoms with van der Waals surface area (Å²) in [5, 5.41) is 0. The Morgan fingerprint density at radius 1 is 1.23 bits per heavy atom. The van der Waals surface area contributed by atoms with Gasteiger partial charge in [-0.2, -0.15) is 6.92 Å². The van der Waals surface area contributed by atoms with E-state index in [-0.39, 0.29) is 65.4 Å². The van der Waals surface area contributed by atoms with E-state index in [1.54, 1.807) is 0 Å². The third kappa shape index (κ3) is 3.27. The number of benzene rings is 1. The third-order valence-corrected chi connectivity index (χ3v) is 2.04. The number of fused-ring (bicyclic) bond motifs is 1. The molecule has 0 nitrogen and oxygen atoms in total. The van der Waals surface area contributed by atoms with Gasteiger partial charge in [0.05, 0.1) is 0 Å². The number of hydrogen-bond donors (Lipinski definition) is 0. The van der Waals surface area contributed by atoms with Crippen molar-refractivity contribution in [2.45, 2.75) is 13.3 Å². The Labute approximate surface area is 130 Å². The van der Waals surface area contributed by atoms with Crippen LogP contribution in [0, 0.1) is 12.5 Å². The van der Waals surface area contributed by atoms with Crippen molar-refractivity contribution >= 4 is 0 Å². The molecule has 2 rings (SSSR count). The molecule has 1 aliphatic rings. The summed E-state index contributed by atoms with van der Waals surface area (Å²) in [4.78, 5) is 0. The van der Waals surface area contributed by atoms with Gasteiger partial charge >= 0.3 is 0 Å². The Morgan fingerprint density at radius 3 is 2.54 bits per heavy atom. The predicted molar refractivity (Wildman–Crippen MR) is 46.0 cm³/mol. The summed E-state index contributed by atoms with van der Waals surface area (Å²) >= 11 is 0. The zero-order valence-electron chi connectivity index (χ0n) is 7.75. The van der Waals surface area contributed by atoms with E-state index in [9.17, 15) is 0 Å². The van der Waals surface area contributed by atoms with Gasteiger partial charge < -0.3 is 18.1 Å². The minimum Gasteiger partial charge on any atom is -0.496 e. The number of allylic oxidation sites excluding steroid dienone is 1. The van der Waals surface area contributed by atoms with Gasteiger partial charge in [-0.1, -0.05) is 36.2 Å². The number of rotatable bonds is 1. The summed E-state index contributed by atoms with van der Waals surface area (Å²) < 4.78 is 0. The normalized spacial score (nSPS) is 11.9. The van der Waals surface area contributed by atoms with Crippen LogP contribution in [0.25, 0.3) is 0 Å². The standard InChI is InChI=1S/C11H10.2Y/c1-2-9-7-10-5-3-4-6-11(10)8-9;;/h2-6H,7H2,1H3;;/q-2;;. The van der Waals surface area contributed by atoms with Crippen molar-refractivity contribution in [3.05, 3.63) is 53.5 Å². The Balaban J connectivity index is 0.000000720. The largest absolute Gasteiger partial charge is 0.496 e. The van der Waals surface area contributed by atoms with Crippen LogP contribution in [0.15, 0.2) is 29.8 Å². The summed E-state index contributed by atoms with van der Waals surface area (Å²) in [6.07, 6.45) is 6.53. The molecule has 0 saturated heterocycles. The van der Waals surface area contributed by atoms with E-state index in [0.29, 0.717) is 0 Å². The van der Waals surface area contributed by atoms with Crippen LogP contribution in [0.4, 0.5) is 0 Å². The van der Waals surface area contributed by atoms with E-state index in [1.807, 2.05) is 0 Å². The van der Waals surface area contributed by atoms with Gasteiger partial charge in [-0.15, -0.1) is 0 Å². The van der Waals surface area contributed by atoms with Crippen molar-refractivity contribution in [3.8, 4) is 0 Å². The molecule has 2 radical (unpaired) electrons. The molecule has 0 atom stereocenters. The van der Waals surface area contributed by atoms with E-state index in [0.717, 1.165) is 6.42 Å². The zero-order chi connectivity index (χ0) is 7.68. The van der Waals surface area contributed by atoms with Crippen molar-refractivity contribution in [1.29, 1.82) is 0 Å². The van der Waals surface area contributed by atoms with E-state index in [4.69, 9.17) is 0 Å². The molecule has 13 heavy (non-hydrogen) atoms. The molecule has 0 amide bonds. The molecular weight excluding hydrogens is 310 g/mol. The first kappa shape index (κ1) is 14.0. The predicted octanol–water partition coefficient (Wildman–Crippen LogP) is 2.54. The molecule has 0 heterocycles. The maximum Gasteiger partial charge on any atom is 0 e. The Kier molecular flexibility index (Phi) is 7.03. The molecule has 62 valence electrons. The van der Waals surface area contributed by atoms with Gasteiger partial charge in [0.1, 0.15) is 0 Å². The van der Waals surface area contributed by atoms with Gasteiger partial charge in [0, 0.05) is 65.4 Å². The molecule has 1 aromatic rings. The smallest absolute Gasteiger partial charge is 0 e. The van der Waals surface area contributed by atoms with Gasteiger partial charge in [0.2, 0.25) is 0 Å². The second-order valence-corrected chi connectivity index (χ2v) is 2.77. The fourth-order valence-corrected chi connectivity index (χ4v) is 1.39. The fourth-order valence-electron chi connectivity index (χ4n) is 1.39. The van der Waals surface area contributed by atoms with Crippen LogP contribution >= 0.6 is 0 Å². The Bertz CT molecular complexity index is 303. The molecule has 0 N–H and O–H groups in total. The van der Waals surface area contributed by atoms with E-state index in [2.05, 4.69) is 43.7 Å². The van der Waals surface area contributed by atoms with Crippen molar-refractivity contribution < 1.29 is 65.4 Å². The van der Waals surface area contributed by atoms with Crippen LogP contribution in [0.1, 0.15) is 18.1 Å². The van der Waals surface area contributed by atoms with Crippen molar-refractivity contribution in [1.82, 2.24) is 0 Å². The molecular formula is C11H10Y2-2. The molecule has 0 aromatic heterocycles. The Morgan fingerprint density at radius 2 is 1.92 bits per heavy atom. The minimum atomic E-state index is 0. The quantitative estimate of drug-likeness (QED) is 0.698. The van der Waals surface area contributed by atoms with Crippen LogP contribution in [0.3, 0.4) is 0 Å². The van der Waals surface area contributed by atoms with E-state index >= 15 is 0 Å². The van der Waals surface area contributed by atoms with Crippen molar-refractivity contribution in [2.24, 2.45) is 0 Å². The monoisotopic (exact) mass is 320 g/mol. The molecule has 2 heteroatoms. The van der Waals surface area contributed by atoms with Gasteiger partial charge in [-0.25, -0.2) is 5.56 Å². The van der Waals surface area contributed by atoms with Crippen LogP contribution in [0.5, 0.6) is 0 Å². The molecule has 0 spiro atoms. The van der Waals surface area contributed by atoms with Crippen LogP contribution in [-0.4, -0.2) is 0 Å². The molecule has 1 aliphatic carbocycles. The van der Waals surface area contributed by atoms with Crippen LogP contribution < -0.4 is 0 Å². The zero-order valence-corrected chi connectivity index (χ0v) is 13.4. The van der Waals surface area contributed by atoms with Gasteiger partial charge in [0.25, 0.3) is 0 Å². The summed E-state index contributed by atoms with van der Waals surface area (Å²) in [7, 11) is 0. The maximum atomic E-state index is 3.35. The molecule has 0 bridgehead atoms. The van der Waals surface area contributed by atoms with Gasteiger partial charge in [-0.3, -0.25) is 0 Å². The average molecular weight is 320 g/mol. The van der Waals surface area contributed by atoms with Crippen molar-refractivity contribution in [2.75, 3.05) is 0 Å². The van der Waals surface area contributed by atoms with E-state index in [1.165, 1.54) is 16.7 Å². The summed E-state index contributed by atoms with van der Waals surface area (Å²) in [6, 6.07) is 8.42. The molecule has 0 aliphatic heterocycles. The van der Waals surface area contributed by atoms with Gasteiger partial charge in [-0.05, 0) is 0 Å². The molecule has 1 aromatic carbocycles. The Hall–Kier alpha value is 1.04. The first-order valence-electron chi connectivity index (χ1n) is 3.90. The summed E-state index contributed by atoms with van der Waals surface area (Å²) in [5.74, 6) is 0. The summed E-state index contributed by atoms with van der Waals surface area (Å²) in [5.41, 5.74) is 3.98. The first-order chi connectivity index (χ1) is 5.40. The van der Waals surface area contributed by atoms with Crippen molar-refractivity contribution in [3.63, 3.8) is 0 Å². The van der Waals surface area contributed by atoms with E-state index < -0.39 is 0 Å². The molecule has 0 unspecified atom stereocenters. The minimum absolute atomic E-state index is 0.